The SMILES string of the molecule is Cc1noc(C)c1Cn1cccc1CNC(C)(C)C. The molecule has 0 atom stereocenters. The molecule has 104 valence electrons. The first-order chi connectivity index (χ1) is 8.87. The topological polar surface area (TPSA) is 43.0 Å². The van der Waals surface area contributed by atoms with Crippen molar-refractivity contribution in [2.75, 3.05) is 0 Å². The van der Waals surface area contributed by atoms with Crippen molar-refractivity contribution in [1.29, 1.82) is 0 Å². The standard InChI is InChI=1S/C15H23N3O/c1-11-14(12(2)19-17-11)10-18-8-6-7-13(18)9-16-15(3,4)5/h6-8,16H,9-10H2,1-5H3. The third-order valence-electron chi connectivity index (χ3n) is 3.23. The normalized spacial score (nSPS) is 12.1. The van der Waals surface area contributed by atoms with Gasteiger partial charge in [0.05, 0.1) is 12.2 Å². The molecule has 4 nitrogen and oxygen atoms in total. The van der Waals surface area contributed by atoms with Crippen molar-refractivity contribution in [2.24, 2.45) is 0 Å². The third kappa shape index (κ3) is 3.47. The molecule has 0 aliphatic rings. The monoisotopic (exact) mass is 261 g/mol. The quantitative estimate of drug-likeness (QED) is 0.920. The zero-order valence-corrected chi connectivity index (χ0v) is 12.4. The highest BCUT2D eigenvalue weighted by atomic mass is 16.5. The molecule has 0 saturated carbocycles. The van der Waals surface area contributed by atoms with Crippen molar-refractivity contribution in [2.45, 2.75) is 53.2 Å². The Hall–Kier alpha value is -1.55. The number of nitrogens with zero attached hydrogens (tertiary/aromatic N) is 2. The molecule has 1 N–H and O–H groups in total. The fourth-order valence-corrected chi connectivity index (χ4v) is 2.02. The van der Waals surface area contributed by atoms with Crippen LogP contribution in [-0.4, -0.2) is 15.3 Å². The van der Waals surface area contributed by atoms with Gasteiger partial charge in [-0.3, -0.25) is 0 Å². The van der Waals surface area contributed by atoms with Gasteiger partial charge in [-0.05, 0) is 46.8 Å². The Morgan fingerprint density at radius 3 is 2.63 bits per heavy atom. The zero-order valence-electron chi connectivity index (χ0n) is 12.4. The van der Waals surface area contributed by atoms with Gasteiger partial charge in [-0.1, -0.05) is 5.16 Å². The fourth-order valence-electron chi connectivity index (χ4n) is 2.02. The summed E-state index contributed by atoms with van der Waals surface area (Å²) >= 11 is 0. The maximum absolute atomic E-state index is 5.22. The first-order valence-corrected chi connectivity index (χ1v) is 6.67. The van der Waals surface area contributed by atoms with Gasteiger partial charge in [0.15, 0.2) is 0 Å². The van der Waals surface area contributed by atoms with Crippen molar-refractivity contribution in [3.63, 3.8) is 0 Å². The lowest BCUT2D eigenvalue weighted by molar-refractivity contribution is 0.391. The van der Waals surface area contributed by atoms with E-state index in [2.05, 4.69) is 54.1 Å². The number of hydrogen-bond acceptors (Lipinski definition) is 3. The highest BCUT2D eigenvalue weighted by Crippen LogP contribution is 2.16. The second-order valence-electron chi connectivity index (χ2n) is 6.03. The second-order valence-corrected chi connectivity index (χ2v) is 6.03. The molecule has 0 spiro atoms. The molecule has 0 fully saturated rings. The second kappa shape index (κ2) is 5.21. The molecular weight excluding hydrogens is 238 g/mol. The first-order valence-electron chi connectivity index (χ1n) is 6.67. The van der Waals surface area contributed by atoms with Gasteiger partial charge in [0, 0.05) is 29.5 Å². The molecule has 19 heavy (non-hydrogen) atoms. The molecule has 2 heterocycles. The minimum absolute atomic E-state index is 0.123. The summed E-state index contributed by atoms with van der Waals surface area (Å²) in [6.07, 6.45) is 2.10. The molecule has 0 amide bonds. The van der Waals surface area contributed by atoms with Gasteiger partial charge in [0.2, 0.25) is 0 Å². The molecule has 0 bridgehead atoms. The predicted molar refractivity (Wildman–Crippen MR) is 76.1 cm³/mol. The van der Waals surface area contributed by atoms with Crippen molar-refractivity contribution >= 4 is 0 Å². The predicted octanol–water partition coefficient (Wildman–Crippen LogP) is 3.03. The van der Waals surface area contributed by atoms with Crippen LogP contribution in [0.1, 0.15) is 43.5 Å². The minimum Gasteiger partial charge on any atom is -0.361 e. The average Bonchev–Trinajstić information content (AvgIpc) is 2.87. The van der Waals surface area contributed by atoms with Gasteiger partial charge in [0.25, 0.3) is 0 Å². The Bertz CT molecular complexity index is 526. The summed E-state index contributed by atoms with van der Waals surface area (Å²) in [7, 11) is 0. The smallest absolute Gasteiger partial charge is 0.138 e. The number of aromatic nitrogens is 2. The molecule has 2 aromatic heterocycles. The van der Waals surface area contributed by atoms with Crippen LogP contribution in [0.2, 0.25) is 0 Å². The maximum atomic E-state index is 5.22. The zero-order chi connectivity index (χ0) is 14.0. The molecule has 0 aliphatic carbocycles. The number of aryl methyl sites for hydroxylation is 2. The van der Waals surface area contributed by atoms with Crippen LogP contribution >= 0.6 is 0 Å². The van der Waals surface area contributed by atoms with Crippen molar-refractivity contribution < 1.29 is 4.52 Å². The van der Waals surface area contributed by atoms with E-state index in [-0.39, 0.29) is 5.54 Å². The Balaban J connectivity index is 2.12. The number of rotatable bonds is 4. The highest BCUT2D eigenvalue weighted by Gasteiger charge is 2.13. The molecule has 2 rings (SSSR count). The van der Waals surface area contributed by atoms with Crippen LogP contribution in [0.25, 0.3) is 0 Å². The van der Waals surface area contributed by atoms with E-state index >= 15 is 0 Å². The Morgan fingerprint density at radius 2 is 2.05 bits per heavy atom. The van der Waals surface area contributed by atoms with Crippen LogP contribution < -0.4 is 5.32 Å². The van der Waals surface area contributed by atoms with Crippen molar-refractivity contribution in [3.05, 3.63) is 41.0 Å². The van der Waals surface area contributed by atoms with E-state index in [0.717, 1.165) is 24.5 Å². The van der Waals surface area contributed by atoms with E-state index in [9.17, 15) is 0 Å². The Morgan fingerprint density at radius 1 is 1.32 bits per heavy atom. The van der Waals surface area contributed by atoms with Gasteiger partial charge in [-0.25, -0.2) is 0 Å². The van der Waals surface area contributed by atoms with E-state index in [0.29, 0.717) is 0 Å². The van der Waals surface area contributed by atoms with E-state index < -0.39 is 0 Å². The molecule has 0 radical (unpaired) electrons. The van der Waals surface area contributed by atoms with Crippen LogP contribution in [0.3, 0.4) is 0 Å². The molecule has 0 aromatic carbocycles. The van der Waals surface area contributed by atoms with E-state index in [1.807, 2.05) is 13.8 Å². The van der Waals surface area contributed by atoms with Crippen LogP contribution in [-0.2, 0) is 13.1 Å². The lowest BCUT2D eigenvalue weighted by atomic mass is 10.1. The summed E-state index contributed by atoms with van der Waals surface area (Å²) in [5, 5.41) is 7.52. The van der Waals surface area contributed by atoms with Crippen LogP contribution in [0.4, 0.5) is 0 Å². The molecular formula is C15H23N3O. The largest absolute Gasteiger partial charge is 0.361 e. The summed E-state index contributed by atoms with van der Waals surface area (Å²) in [6.45, 7) is 12.2. The number of nitrogens with one attached hydrogen (secondary N) is 1. The van der Waals surface area contributed by atoms with Gasteiger partial charge < -0.3 is 14.4 Å². The Kier molecular flexibility index (Phi) is 3.80. The minimum atomic E-state index is 0.123. The van der Waals surface area contributed by atoms with Gasteiger partial charge in [0.1, 0.15) is 5.76 Å². The molecule has 0 saturated heterocycles. The first kappa shape index (κ1) is 13.9. The Labute approximate surface area is 114 Å². The summed E-state index contributed by atoms with van der Waals surface area (Å²) in [5.41, 5.74) is 3.54. The highest BCUT2D eigenvalue weighted by molar-refractivity contribution is 5.22. The van der Waals surface area contributed by atoms with Gasteiger partial charge >= 0.3 is 0 Å². The molecule has 0 aliphatic heterocycles. The molecule has 0 unspecified atom stereocenters. The summed E-state index contributed by atoms with van der Waals surface area (Å²) in [4.78, 5) is 0. The fraction of sp³-hybridized carbons (Fsp3) is 0.533. The van der Waals surface area contributed by atoms with Gasteiger partial charge in [-0.2, -0.15) is 0 Å². The van der Waals surface area contributed by atoms with Crippen LogP contribution in [0, 0.1) is 13.8 Å². The average molecular weight is 261 g/mol. The van der Waals surface area contributed by atoms with Gasteiger partial charge in [-0.15, -0.1) is 0 Å². The van der Waals surface area contributed by atoms with Crippen LogP contribution in [0.5, 0.6) is 0 Å². The third-order valence-corrected chi connectivity index (χ3v) is 3.23. The van der Waals surface area contributed by atoms with E-state index in [1.165, 1.54) is 11.3 Å². The molecule has 2 aromatic rings. The van der Waals surface area contributed by atoms with Crippen molar-refractivity contribution in [1.82, 2.24) is 15.0 Å². The molecule has 4 heteroatoms. The summed E-state index contributed by atoms with van der Waals surface area (Å²) in [5.74, 6) is 0.904. The van der Waals surface area contributed by atoms with E-state index in [4.69, 9.17) is 4.52 Å². The maximum Gasteiger partial charge on any atom is 0.138 e. The van der Waals surface area contributed by atoms with Crippen LogP contribution in [0.15, 0.2) is 22.9 Å². The lowest BCUT2D eigenvalue weighted by Gasteiger charge is -2.21. The van der Waals surface area contributed by atoms with E-state index in [1.54, 1.807) is 0 Å². The lowest BCUT2D eigenvalue weighted by Crippen LogP contribution is -2.35. The summed E-state index contributed by atoms with van der Waals surface area (Å²) < 4.78 is 7.46. The number of hydrogen-bond donors (Lipinski definition) is 1. The van der Waals surface area contributed by atoms with Crippen molar-refractivity contribution in [3.8, 4) is 0 Å². The summed E-state index contributed by atoms with van der Waals surface area (Å²) in [6, 6.07) is 4.23.